The quantitative estimate of drug-likeness (QED) is 0.841. The molecule has 0 atom stereocenters. The van der Waals surface area contributed by atoms with Gasteiger partial charge in [0, 0.05) is 16.8 Å². The van der Waals surface area contributed by atoms with E-state index in [1.807, 2.05) is 13.8 Å². The Kier molecular flexibility index (Phi) is 6.48. The molecule has 0 saturated carbocycles. The number of carbonyl (C=O) groups is 2. The van der Waals surface area contributed by atoms with Crippen molar-refractivity contribution in [3.05, 3.63) is 29.3 Å². The van der Waals surface area contributed by atoms with Crippen LogP contribution in [0.3, 0.4) is 0 Å². The van der Waals surface area contributed by atoms with Crippen molar-refractivity contribution in [2.45, 2.75) is 19.9 Å². The van der Waals surface area contributed by atoms with E-state index < -0.39 is 0 Å². The molecule has 0 aliphatic carbocycles. The monoisotopic (exact) mass is 297 g/mol. The number of anilines is 1. The van der Waals surface area contributed by atoms with Crippen LogP contribution < -0.4 is 10.6 Å². The number of rotatable bonds is 6. The highest BCUT2D eigenvalue weighted by Gasteiger charge is 2.11. The van der Waals surface area contributed by atoms with Gasteiger partial charge < -0.3 is 10.6 Å². The molecule has 5 nitrogen and oxygen atoms in total. The summed E-state index contributed by atoms with van der Waals surface area (Å²) in [6, 6.07) is 7.02. The smallest absolute Gasteiger partial charge is 0.238 e. The zero-order valence-electron chi connectivity index (χ0n) is 11.9. The van der Waals surface area contributed by atoms with E-state index in [-0.39, 0.29) is 30.9 Å². The zero-order valence-corrected chi connectivity index (χ0v) is 12.7. The van der Waals surface area contributed by atoms with Crippen LogP contribution in [0.1, 0.15) is 13.8 Å². The summed E-state index contributed by atoms with van der Waals surface area (Å²) in [5, 5.41) is 6.07. The highest BCUT2D eigenvalue weighted by Crippen LogP contribution is 2.14. The molecule has 1 aromatic carbocycles. The molecule has 0 aromatic heterocycles. The first-order chi connectivity index (χ1) is 9.36. The highest BCUT2D eigenvalue weighted by molar-refractivity contribution is 6.30. The van der Waals surface area contributed by atoms with Gasteiger partial charge in [-0.2, -0.15) is 0 Å². The van der Waals surface area contributed by atoms with Crippen molar-refractivity contribution in [3.8, 4) is 0 Å². The van der Waals surface area contributed by atoms with Gasteiger partial charge in [-0.3, -0.25) is 14.5 Å². The molecule has 0 aliphatic heterocycles. The Bertz CT molecular complexity index is 477. The lowest BCUT2D eigenvalue weighted by atomic mass is 10.3. The summed E-state index contributed by atoms with van der Waals surface area (Å²) in [6.07, 6.45) is 0. The second-order valence-corrected chi connectivity index (χ2v) is 5.39. The van der Waals surface area contributed by atoms with Crippen molar-refractivity contribution in [1.82, 2.24) is 10.2 Å². The standard InChI is InChI=1S/C14H20ClN3O2/c1-10(2)16-13(19)8-18(3)9-14(20)17-12-6-4-5-11(15)7-12/h4-7,10H,8-9H2,1-3H3,(H,16,19)(H,17,20). The maximum Gasteiger partial charge on any atom is 0.238 e. The molecule has 2 N–H and O–H groups in total. The molecule has 20 heavy (non-hydrogen) atoms. The van der Waals surface area contributed by atoms with E-state index in [1.54, 1.807) is 36.2 Å². The van der Waals surface area contributed by atoms with Crippen LogP contribution in [-0.2, 0) is 9.59 Å². The van der Waals surface area contributed by atoms with Gasteiger partial charge in [-0.25, -0.2) is 0 Å². The number of hydrogen-bond acceptors (Lipinski definition) is 3. The molecule has 0 aliphatic rings. The number of halogens is 1. The number of amides is 2. The van der Waals surface area contributed by atoms with Gasteiger partial charge in [-0.15, -0.1) is 0 Å². The number of nitrogens with one attached hydrogen (secondary N) is 2. The third-order valence-corrected chi connectivity index (χ3v) is 2.62. The number of hydrogen-bond donors (Lipinski definition) is 2. The molecule has 6 heteroatoms. The molecule has 1 rings (SSSR count). The van der Waals surface area contributed by atoms with Gasteiger partial charge in [0.05, 0.1) is 13.1 Å². The van der Waals surface area contributed by atoms with Crippen LogP contribution in [-0.4, -0.2) is 42.9 Å². The van der Waals surface area contributed by atoms with Crippen molar-refractivity contribution in [3.63, 3.8) is 0 Å². The molecule has 2 amide bonds. The van der Waals surface area contributed by atoms with Crippen LogP contribution >= 0.6 is 11.6 Å². The van der Waals surface area contributed by atoms with Gasteiger partial charge in [-0.05, 0) is 39.1 Å². The predicted octanol–water partition coefficient (Wildman–Crippen LogP) is 1.73. The minimum Gasteiger partial charge on any atom is -0.353 e. The predicted molar refractivity (Wildman–Crippen MR) is 80.9 cm³/mol. The Hall–Kier alpha value is -1.59. The average Bonchev–Trinajstić information content (AvgIpc) is 2.26. The van der Waals surface area contributed by atoms with Crippen molar-refractivity contribution in [2.24, 2.45) is 0 Å². The number of likely N-dealkylation sites (N-methyl/N-ethyl adjacent to an activating group) is 1. The molecular weight excluding hydrogens is 278 g/mol. The van der Waals surface area contributed by atoms with Gasteiger partial charge in [0.2, 0.25) is 11.8 Å². The Morgan fingerprint density at radius 2 is 1.90 bits per heavy atom. The lowest BCUT2D eigenvalue weighted by molar-refractivity contribution is -0.123. The van der Waals surface area contributed by atoms with E-state index in [4.69, 9.17) is 11.6 Å². The first-order valence-electron chi connectivity index (χ1n) is 6.40. The van der Waals surface area contributed by atoms with Gasteiger partial charge in [0.15, 0.2) is 0 Å². The van der Waals surface area contributed by atoms with E-state index in [1.165, 1.54) is 0 Å². The van der Waals surface area contributed by atoms with Crippen molar-refractivity contribution >= 4 is 29.1 Å². The maximum absolute atomic E-state index is 11.8. The first-order valence-corrected chi connectivity index (χ1v) is 6.78. The van der Waals surface area contributed by atoms with Crippen molar-refractivity contribution in [1.29, 1.82) is 0 Å². The summed E-state index contributed by atoms with van der Waals surface area (Å²) >= 11 is 5.84. The molecule has 1 aromatic rings. The zero-order chi connectivity index (χ0) is 15.1. The van der Waals surface area contributed by atoms with E-state index in [9.17, 15) is 9.59 Å². The average molecular weight is 298 g/mol. The van der Waals surface area contributed by atoms with Gasteiger partial charge in [0.1, 0.15) is 0 Å². The Balaban J connectivity index is 2.40. The first kappa shape index (κ1) is 16.5. The van der Waals surface area contributed by atoms with E-state index in [0.29, 0.717) is 10.7 Å². The fourth-order valence-electron chi connectivity index (χ4n) is 1.68. The van der Waals surface area contributed by atoms with Crippen LogP contribution in [0.15, 0.2) is 24.3 Å². The minimum absolute atomic E-state index is 0.0937. The summed E-state index contributed by atoms with van der Waals surface area (Å²) in [4.78, 5) is 25.0. The fourth-order valence-corrected chi connectivity index (χ4v) is 1.87. The van der Waals surface area contributed by atoms with Crippen LogP contribution in [0.2, 0.25) is 5.02 Å². The molecule has 0 radical (unpaired) electrons. The summed E-state index contributed by atoms with van der Waals surface area (Å²) in [5.74, 6) is -0.287. The second-order valence-electron chi connectivity index (χ2n) is 4.95. The Labute approximate surface area is 124 Å². The lowest BCUT2D eigenvalue weighted by Gasteiger charge is -2.17. The van der Waals surface area contributed by atoms with Crippen LogP contribution in [0.5, 0.6) is 0 Å². The van der Waals surface area contributed by atoms with Crippen LogP contribution in [0.4, 0.5) is 5.69 Å². The largest absolute Gasteiger partial charge is 0.353 e. The van der Waals surface area contributed by atoms with Crippen molar-refractivity contribution in [2.75, 3.05) is 25.5 Å². The second kappa shape index (κ2) is 7.87. The molecule has 0 spiro atoms. The molecule has 0 saturated heterocycles. The van der Waals surface area contributed by atoms with Gasteiger partial charge in [-0.1, -0.05) is 17.7 Å². The van der Waals surface area contributed by atoms with E-state index in [0.717, 1.165) is 0 Å². The van der Waals surface area contributed by atoms with Crippen molar-refractivity contribution < 1.29 is 9.59 Å². The molecule has 0 heterocycles. The summed E-state index contributed by atoms with van der Waals surface area (Å²) in [6.45, 7) is 4.10. The molecule has 0 fully saturated rings. The highest BCUT2D eigenvalue weighted by atomic mass is 35.5. The number of nitrogens with zero attached hydrogens (tertiary/aromatic N) is 1. The molecule has 110 valence electrons. The molecule has 0 unspecified atom stereocenters. The normalized spacial score (nSPS) is 10.7. The van der Waals surface area contributed by atoms with Gasteiger partial charge in [0.25, 0.3) is 0 Å². The third kappa shape index (κ3) is 6.54. The minimum atomic E-state index is -0.188. The summed E-state index contributed by atoms with van der Waals surface area (Å²) in [5.41, 5.74) is 0.641. The number of carbonyl (C=O) groups excluding carboxylic acids is 2. The van der Waals surface area contributed by atoms with E-state index in [2.05, 4.69) is 10.6 Å². The molecule has 0 bridgehead atoms. The summed E-state index contributed by atoms with van der Waals surface area (Å²) in [7, 11) is 1.72. The molecular formula is C14H20ClN3O2. The SMILES string of the molecule is CC(C)NC(=O)CN(C)CC(=O)Nc1cccc(Cl)c1. The van der Waals surface area contributed by atoms with Gasteiger partial charge >= 0.3 is 0 Å². The number of benzene rings is 1. The summed E-state index contributed by atoms with van der Waals surface area (Å²) < 4.78 is 0. The Morgan fingerprint density at radius 3 is 2.50 bits per heavy atom. The Morgan fingerprint density at radius 1 is 1.25 bits per heavy atom. The van der Waals surface area contributed by atoms with Crippen LogP contribution in [0.25, 0.3) is 0 Å². The van der Waals surface area contributed by atoms with E-state index >= 15 is 0 Å². The fraction of sp³-hybridized carbons (Fsp3) is 0.429. The topological polar surface area (TPSA) is 61.4 Å². The lowest BCUT2D eigenvalue weighted by Crippen LogP contribution is -2.41. The van der Waals surface area contributed by atoms with Crippen LogP contribution in [0, 0.1) is 0 Å². The third-order valence-electron chi connectivity index (χ3n) is 2.39. The maximum atomic E-state index is 11.8.